The van der Waals surface area contributed by atoms with Crippen LogP contribution in [0.15, 0.2) is 24.3 Å². The minimum Gasteiger partial charge on any atom is -0.399 e. The molecule has 0 fully saturated rings. The molecule has 21 heavy (non-hydrogen) atoms. The van der Waals surface area contributed by atoms with Crippen molar-refractivity contribution in [3.05, 3.63) is 41.2 Å². The monoisotopic (exact) mass is 283 g/mol. The number of amides is 1. The second kappa shape index (κ2) is 6.09. The van der Waals surface area contributed by atoms with Crippen molar-refractivity contribution >= 4 is 17.3 Å². The highest BCUT2D eigenvalue weighted by atomic mass is 16.2. The molecule has 108 valence electrons. The number of aryl methyl sites for hydroxylation is 2. The predicted octanol–water partition coefficient (Wildman–Crippen LogP) is 2.17. The molecule has 2 aromatic rings. The van der Waals surface area contributed by atoms with Gasteiger partial charge in [-0.3, -0.25) is 9.48 Å². The zero-order chi connectivity index (χ0) is 15.4. The Bertz CT molecular complexity index is 711. The van der Waals surface area contributed by atoms with Crippen LogP contribution in [-0.4, -0.2) is 15.7 Å². The van der Waals surface area contributed by atoms with E-state index < -0.39 is 0 Å². The maximum Gasteiger partial charge on any atom is 0.273 e. The molecule has 0 unspecified atom stereocenters. The number of aromatic nitrogens is 2. The van der Waals surface area contributed by atoms with Gasteiger partial charge in [0.05, 0.1) is 16.9 Å². The molecule has 1 aromatic carbocycles. The van der Waals surface area contributed by atoms with Crippen LogP contribution in [-0.2, 0) is 13.0 Å². The summed E-state index contributed by atoms with van der Waals surface area (Å²) in [6, 6.07) is 8.59. The van der Waals surface area contributed by atoms with Gasteiger partial charge >= 0.3 is 0 Å². The van der Waals surface area contributed by atoms with E-state index in [2.05, 4.69) is 10.4 Å². The first kappa shape index (κ1) is 14.6. The van der Waals surface area contributed by atoms with Gasteiger partial charge in [0.1, 0.15) is 11.8 Å². The summed E-state index contributed by atoms with van der Waals surface area (Å²) in [5.41, 5.74) is 8.24. The summed E-state index contributed by atoms with van der Waals surface area (Å²) < 4.78 is 1.65. The summed E-state index contributed by atoms with van der Waals surface area (Å²) in [4.78, 5) is 12.4. The van der Waals surface area contributed by atoms with Crippen molar-refractivity contribution in [3.8, 4) is 6.07 Å². The van der Waals surface area contributed by atoms with E-state index in [9.17, 15) is 4.79 Å². The number of carbonyl (C=O) groups excluding carboxylic acids is 1. The second-order valence-electron chi connectivity index (χ2n) is 4.56. The summed E-state index contributed by atoms with van der Waals surface area (Å²) in [6.07, 6.45) is 0.762. The molecular formula is C15H17N5O. The molecule has 1 aromatic heterocycles. The number of carbonyl (C=O) groups is 1. The third-order valence-corrected chi connectivity index (χ3v) is 3.14. The maximum atomic E-state index is 12.4. The molecule has 0 spiro atoms. The Morgan fingerprint density at radius 3 is 2.81 bits per heavy atom. The average Bonchev–Trinajstić information content (AvgIpc) is 2.92. The molecule has 6 nitrogen and oxygen atoms in total. The smallest absolute Gasteiger partial charge is 0.273 e. The van der Waals surface area contributed by atoms with Gasteiger partial charge in [-0.05, 0) is 37.6 Å². The van der Waals surface area contributed by atoms with Gasteiger partial charge in [0.25, 0.3) is 5.91 Å². The predicted molar refractivity (Wildman–Crippen MR) is 80.8 cm³/mol. The van der Waals surface area contributed by atoms with Crippen LogP contribution in [0.5, 0.6) is 0 Å². The summed E-state index contributed by atoms with van der Waals surface area (Å²) in [7, 11) is 0. The third-order valence-electron chi connectivity index (χ3n) is 3.14. The molecule has 0 saturated carbocycles. The normalized spacial score (nSPS) is 10.1. The van der Waals surface area contributed by atoms with Gasteiger partial charge in [-0.15, -0.1) is 0 Å². The molecule has 0 radical (unpaired) electrons. The molecule has 0 aliphatic carbocycles. The minimum atomic E-state index is -0.287. The van der Waals surface area contributed by atoms with E-state index in [4.69, 9.17) is 11.0 Å². The van der Waals surface area contributed by atoms with E-state index in [-0.39, 0.29) is 5.91 Å². The Hall–Kier alpha value is -2.81. The summed E-state index contributed by atoms with van der Waals surface area (Å²) in [5.74, 6) is -0.287. The van der Waals surface area contributed by atoms with Crippen molar-refractivity contribution in [2.75, 3.05) is 11.1 Å². The highest BCUT2D eigenvalue weighted by Crippen LogP contribution is 2.19. The lowest BCUT2D eigenvalue weighted by Gasteiger charge is -2.08. The number of benzene rings is 1. The molecule has 0 saturated heterocycles. The summed E-state index contributed by atoms with van der Waals surface area (Å²) >= 11 is 0. The molecule has 0 atom stereocenters. The molecule has 0 bridgehead atoms. The first-order valence-corrected chi connectivity index (χ1v) is 6.76. The van der Waals surface area contributed by atoms with E-state index in [1.165, 1.54) is 6.07 Å². The molecule has 3 N–H and O–H groups in total. The van der Waals surface area contributed by atoms with E-state index in [0.717, 1.165) is 12.1 Å². The van der Waals surface area contributed by atoms with Crippen molar-refractivity contribution in [1.29, 1.82) is 5.26 Å². The van der Waals surface area contributed by atoms with E-state index in [0.29, 0.717) is 29.2 Å². The Morgan fingerprint density at radius 2 is 2.19 bits per heavy atom. The van der Waals surface area contributed by atoms with Crippen molar-refractivity contribution in [2.24, 2.45) is 0 Å². The number of nitrogens with two attached hydrogens (primary N) is 1. The number of nitrogens with one attached hydrogen (secondary N) is 1. The minimum absolute atomic E-state index is 0.287. The van der Waals surface area contributed by atoms with Crippen LogP contribution in [0.4, 0.5) is 11.4 Å². The lowest BCUT2D eigenvalue weighted by atomic mass is 10.1. The lowest BCUT2D eigenvalue weighted by molar-refractivity contribution is 0.101. The first-order valence-electron chi connectivity index (χ1n) is 6.76. The van der Waals surface area contributed by atoms with Gasteiger partial charge in [-0.25, -0.2) is 0 Å². The number of anilines is 2. The average molecular weight is 283 g/mol. The fourth-order valence-electron chi connectivity index (χ4n) is 2.02. The summed E-state index contributed by atoms with van der Waals surface area (Å²) in [5, 5.41) is 16.2. The van der Waals surface area contributed by atoms with Gasteiger partial charge in [0.15, 0.2) is 0 Å². The van der Waals surface area contributed by atoms with Gasteiger partial charge in [-0.1, -0.05) is 6.92 Å². The van der Waals surface area contributed by atoms with E-state index in [1.54, 1.807) is 22.9 Å². The highest BCUT2D eigenvalue weighted by molar-refractivity contribution is 6.04. The number of rotatable bonds is 4. The SMILES string of the molecule is CCc1cc(C(=O)Nc2ccc(N)cc2C#N)n(CC)n1. The van der Waals surface area contributed by atoms with Gasteiger partial charge in [-0.2, -0.15) is 10.4 Å². The molecule has 2 rings (SSSR count). The molecule has 0 aliphatic rings. The van der Waals surface area contributed by atoms with Crippen molar-refractivity contribution in [3.63, 3.8) is 0 Å². The second-order valence-corrected chi connectivity index (χ2v) is 4.56. The molecule has 1 amide bonds. The van der Waals surface area contributed by atoms with Gasteiger partial charge in [0.2, 0.25) is 0 Å². The number of hydrogen-bond acceptors (Lipinski definition) is 4. The molecule has 1 heterocycles. The van der Waals surface area contributed by atoms with Crippen LogP contribution in [0.2, 0.25) is 0 Å². The van der Waals surface area contributed by atoms with Crippen molar-refractivity contribution in [1.82, 2.24) is 9.78 Å². The van der Waals surface area contributed by atoms with E-state index >= 15 is 0 Å². The molecule has 6 heteroatoms. The van der Waals surface area contributed by atoms with Crippen molar-refractivity contribution < 1.29 is 4.79 Å². The zero-order valence-electron chi connectivity index (χ0n) is 12.1. The number of nitrogen functional groups attached to an aromatic ring is 1. The Labute approximate surface area is 123 Å². The van der Waals surface area contributed by atoms with Gasteiger partial charge in [0, 0.05) is 12.2 Å². The van der Waals surface area contributed by atoms with Gasteiger partial charge < -0.3 is 11.1 Å². The largest absolute Gasteiger partial charge is 0.399 e. The Morgan fingerprint density at radius 1 is 1.43 bits per heavy atom. The third kappa shape index (κ3) is 3.03. The fraction of sp³-hybridized carbons (Fsp3) is 0.267. The number of nitrogens with zero attached hydrogens (tertiary/aromatic N) is 3. The highest BCUT2D eigenvalue weighted by Gasteiger charge is 2.15. The van der Waals surface area contributed by atoms with Crippen LogP contribution in [0.1, 0.15) is 35.6 Å². The lowest BCUT2D eigenvalue weighted by Crippen LogP contribution is -2.18. The van der Waals surface area contributed by atoms with Crippen LogP contribution in [0.25, 0.3) is 0 Å². The fourth-order valence-corrected chi connectivity index (χ4v) is 2.02. The Balaban J connectivity index is 2.30. The van der Waals surface area contributed by atoms with Crippen LogP contribution in [0, 0.1) is 11.3 Å². The van der Waals surface area contributed by atoms with Crippen LogP contribution in [0.3, 0.4) is 0 Å². The van der Waals surface area contributed by atoms with E-state index in [1.807, 2.05) is 19.9 Å². The number of hydrogen-bond donors (Lipinski definition) is 2. The first-order chi connectivity index (χ1) is 10.1. The summed E-state index contributed by atoms with van der Waals surface area (Å²) in [6.45, 7) is 4.51. The van der Waals surface area contributed by atoms with Crippen LogP contribution < -0.4 is 11.1 Å². The quantitative estimate of drug-likeness (QED) is 0.840. The van der Waals surface area contributed by atoms with Crippen LogP contribution >= 0.6 is 0 Å². The Kier molecular flexibility index (Phi) is 4.24. The topological polar surface area (TPSA) is 96.7 Å². The number of nitriles is 1. The standard InChI is InChI=1S/C15H17N5O/c1-3-12-8-14(20(4-2)19-12)15(21)18-13-6-5-11(17)7-10(13)9-16/h5-8H,3-4,17H2,1-2H3,(H,18,21). The maximum absolute atomic E-state index is 12.4. The zero-order valence-corrected chi connectivity index (χ0v) is 12.1. The molecular weight excluding hydrogens is 266 g/mol. The molecule has 0 aliphatic heterocycles. The van der Waals surface area contributed by atoms with Crippen molar-refractivity contribution in [2.45, 2.75) is 26.8 Å².